The minimum absolute atomic E-state index is 0.158. The Morgan fingerprint density at radius 1 is 1.26 bits per heavy atom. The molecule has 7 nitrogen and oxygen atoms in total. The Balaban J connectivity index is 1.88. The van der Waals surface area contributed by atoms with Crippen LogP contribution in [0.5, 0.6) is 5.75 Å². The van der Waals surface area contributed by atoms with Gasteiger partial charge in [-0.1, -0.05) is 29.5 Å². The van der Waals surface area contributed by atoms with E-state index in [1.807, 2.05) is 12.1 Å². The summed E-state index contributed by atoms with van der Waals surface area (Å²) in [6.45, 7) is 1.77. The fourth-order valence-corrected chi connectivity index (χ4v) is 3.83. The first-order chi connectivity index (χ1) is 14.7. The summed E-state index contributed by atoms with van der Waals surface area (Å²) in [5.74, 6) is -0.501. The molecule has 0 saturated carbocycles. The number of pyridine rings is 1. The molecule has 0 radical (unpaired) electrons. The molecule has 1 amide bonds. The van der Waals surface area contributed by atoms with Gasteiger partial charge in [-0.2, -0.15) is 0 Å². The SMILES string of the molecule is CC(=O)N(C)C(Cc1ccc(CN)nc1)c1nnc(-c2cccc(OC(F)(F)F)c2)s1. The molecule has 0 aliphatic rings. The number of hydrogen-bond donors (Lipinski definition) is 1. The zero-order valence-corrected chi connectivity index (χ0v) is 17.6. The predicted molar refractivity (Wildman–Crippen MR) is 109 cm³/mol. The normalized spacial score (nSPS) is 12.5. The molecule has 0 aliphatic carbocycles. The van der Waals surface area contributed by atoms with Crippen LogP contribution >= 0.6 is 11.3 Å². The van der Waals surface area contributed by atoms with Gasteiger partial charge in [-0.05, 0) is 23.8 Å². The van der Waals surface area contributed by atoms with E-state index < -0.39 is 12.4 Å². The molecule has 2 heterocycles. The third-order valence-corrected chi connectivity index (χ3v) is 5.60. The van der Waals surface area contributed by atoms with Crippen LogP contribution in [0.25, 0.3) is 10.6 Å². The zero-order valence-electron chi connectivity index (χ0n) is 16.8. The van der Waals surface area contributed by atoms with Gasteiger partial charge < -0.3 is 15.4 Å². The minimum Gasteiger partial charge on any atom is -0.406 e. The van der Waals surface area contributed by atoms with Crippen molar-refractivity contribution in [3.63, 3.8) is 0 Å². The zero-order chi connectivity index (χ0) is 22.6. The highest BCUT2D eigenvalue weighted by atomic mass is 32.1. The molecule has 0 aliphatic heterocycles. The second-order valence-corrected chi connectivity index (χ2v) is 7.74. The molecular formula is C20H20F3N5O2S. The number of nitrogens with zero attached hydrogens (tertiary/aromatic N) is 4. The number of aromatic nitrogens is 3. The number of carbonyl (C=O) groups excluding carboxylic acids is 1. The van der Waals surface area contributed by atoms with Crippen molar-refractivity contribution in [3.05, 3.63) is 58.9 Å². The van der Waals surface area contributed by atoms with Crippen molar-refractivity contribution in [2.24, 2.45) is 5.73 Å². The van der Waals surface area contributed by atoms with Crippen LogP contribution < -0.4 is 10.5 Å². The molecule has 11 heteroatoms. The highest BCUT2D eigenvalue weighted by molar-refractivity contribution is 7.14. The van der Waals surface area contributed by atoms with Crippen LogP contribution in [0.4, 0.5) is 13.2 Å². The highest BCUT2D eigenvalue weighted by Gasteiger charge is 2.31. The number of ether oxygens (including phenoxy) is 1. The molecule has 31 heavy (non-hydrogen) atoms. The Morgan fingerprint density at radius 2 is 2.03 bits per heavy atom. The number of alkyl halides is 3. The number of hydrogen-bond acceptors (Lipinski definition) is 7. The van der Waals surface area contributed by atoms with Gasteiger partial charge in [-0.15, -0.1) is 23.4 Å². The largest absolute Gasteiger partial charge is 0.573 e. The van der Waals surface area contributed by atoms with Crippen molar-refractivity contribution >= 4 is 17.2 Å². The summed E-state index contributed by atoms with van der Waals surface area (Å²) in [5, 5.41) is 9.29. The maximum absolute atomic E-state index is 12.5. The van der Waals surface area contributed by atoms with Gasteiger partial charge in [0.05, 0.1) is 11.7 Å². The van der Waals surface area contributed by atoms with Crippen LogP contribution in [-0.4, -0.2) is 39.4 Å². The number of rotatable bonds is 7. The molecule has 2 N–H and O–H groups in total. The van der Waals surface area contributed by atoms with Gasteiger partial charge in [-0.25, -0.2) is 0 Å². The van der Waals surface area contributed by atoms with Gasteiger partial charge in [0.25, 0.3) is 0 Å². The lowest BCUT2D eigenvalue weighted by molar-refractivity contribution is -0.274. The minimum atomic E-state index is -4.78. The first-order valence-electron chi connectivity index (χ1n) is 9.23. The Kier molecular flexibility index (Phi) is 6.86. The molecule has 3 rings (SSSR count). The molecule has 0 bridgehead atoms. The molecule has 1 atom stereocenters. The van der Waals surface area contributed by atoms with Gasteiger partial charge in [0.1, 0.15) is 15.8 Å². The summed E-state index contributed by atoms with van der Waals surface area (Å²) in [6, 6.07) is 8.81. The third kappa shape index (κ3) is 5.98. The van der Waals surface area contributed by atoms with Crippen LogP contribution in [0.3, 0.4) is 0 Å². The van der Waals surface area contributed by atoms with Crippen molar-refractivity contribution < 1.29 is 22.7 Å². The van der Waals surface area contributed by atoms with Crippen molar-refractivity contribution in [1.29, 1.82) is 0 Å². The Bertz CT molecular complexity index is 1040. The number of benzene rings is 1. The lowest BCUT2D eigenvalue weighted by Crippen LogP contribution is -2.30. The van der Waals surface area contributed by atoms with E-state index in [0.29, 0.717) is 28.5 Å². The van der Waals surface area contributed by atoms with Gasteiger partial charge in [0.2, 0.25) is 5.91 Å². The fraction of sp³-hybridized carbons (Fsp3) is 0.300. The average molecular weight is 451 g/mol. The number of nitrogens with two attached hydrogens (primary N) is 1. The summed E-state index contributed by atoms with van der Waals surface area (Å²) in [6.07, 6.45) is -2.64. The van der Waals surface area contributed by atoms with Crippen molar-refractivity contribution in [2.45, 2.75) is 32.3 Å². The lowest BCUT2D eigenvalue weighted by atomic mass is 10.1. The molecule has 1 unspecified atom stereocenters. The second-order valence-electron chi connectivity index (χ2n) is 6.73. The van der Waals surface area contributed by atoms with Gasteiger partial charge in [-0.3, -0.25) is 9.78 Å². The Morgan fingerprint density at radius 3 is 2.65 bits per heavy atom. The third-order valence-electron chi connectivity index (χ3n) is 4.53. The van der Waals surface area contributed by atoms with Crippen molar-refractivity contribution in [2.75, 3.05) is 7.05 Å². The lowest BCUT2D eigenvalue weighted by Gasteiger charge is -2.25. The number of amides is 1. The van der Waals surface area contributed by atoms with E-state index >= 15 is 0 Å². The topological polar surface area (TPSA) is 94.2 Å². The van der Waals surface area contributed by atoms with E-state index in [-0.39, 0.29) is 11.7 Å². The number of carbonyl (C=O) groups is 1. The van der Waals surface area contributed by atoms with Crippen molar-refractivity contribution in [1.82, 2.24) is 20.1 Å². The van der Waals surface area contributed by atoms with E-state index in [9.17, 15) is 18.0 Å². The van der Waals surface area contributed by atoms with Crippen LogP contribution in [0.2, 0.25) is 0 Å². The van der Waals surface area contributed by atoms with Gasteiger partial charge >= 0.3 is 6.36 Å². The Hall–Kier alpha value is -3.05. The monoisotopic (exact) mass is 451 g/mol. The molecule has 2 aromatic heterocycles. The van der Waals surface area contributed by atoms with Crippen LogP contribution in [0.15, 0.2) is 42.6 Å². The average Bonchev–Trinajstić information content (AvgIpc) is 3.21. The fourth-order valence-electron chi connectivity index (χ4n) is 2.84. The standard InChI is InChI=1S/C20H20F3N5O2S/c1-12(29)28(2)17(8-13-6-7-15(10-24)25-11-13)19-27-26-18(31-19)14-4-3-5-16(9-14)30-20(21,22)23/h3-7,9,11,17H,8,10,24H2,1-2H3. The molecule has 0 spiro atoms. The summed E-state index contributed by atoms with van der Waals surface area (Å²) in [7, 11) is 1.66. The quantitative estimate of drug-likeness (QED) is 0.589. The second kappa shape index (κ2) is 9.40. The first kappa shape index (κ1) is 22.6. The van der Waals surface area contributed by atoms with E-state index in [4.69, 9.17) is 5.73 Å². The molecule has 0 fully saturated rings. The summed E-state index contributed by atoms with van der Waals surface area (Å²) in [5.41, 5.74) is 7.64. The maximum Gasteiger partial charge on any atom is 0.573 e. The van der Waals surface area contributed by atoms with Crippen LogP contribution in [-0.2, 0) is 17.8 Å². The van der Waals surface area contributed by atoms with E-state index in [1.54, 1.807) is 24.2 Å². The number of halogens is 3. The molecule has 1 aromatic carbocycles. The van der Waals surface area contributed by atoms with E-state index in [0.717, 1.165) is 11.3 Å². The molecule has 3 aromatic rings. The summed E-state index contributed by atoms with van der Waals surface area (Å²) in [4.78, 5) is 17.8. The molecular weight excluding hydrogens is 431 g/mol. The van der Waals surface area contributed by atoms with Crippen molar-refractivity contribution in [3.8, 4) is 16.3 Å². The number of likely N-dealkylation sites (N-methyl/N-ethyl adjacent to an activating group) is 1. The van der Waals surface area contributed by atoms with Gasteiger partial charge in [0, 0.05) is 38.7 Å². The van der Waals surface area contributed by atoms with E-state index in [1.165, 1.54) is 36.5 Å². The predicted octanol–water partition coefficient (Wildman–Crippen LogP) is 3.72. The Labute approximate surface area is 180 Å². The summed E-state index contributed by atoms with van der Waals surface area (Å²) < 4.78 is 41.5. The smallest absolute Gasteiger partial charge is 0.406 e. The van der Waals surface area contributed by atoms with Gasteiger partial charge in [0.15, 0.2) is 0 Å². The highest BCUT2D eigenvalue weighted by Crippen LogP contribution is 2.33. The van der Waals surface area contributed by atoms with E-state index in [2.05, 4.69) is 19.9 Å². The first-order valence-corrected chi connectivity index (χ1v) is 10.0. The van der Waals surface area contributed by atoms with Crippen LogP contribution in [0, 0.1) is 0 Å². The molecule has 164 valence electrons. The maximum atomic E-state index is 12.5. The van der Waals surface area contributed by atoms with Crippen LogP contribution in [0.1, 0.15) is 29.2 Å². The molecule has 0 saturated heterocycles. The summed E-state index contributed by atoms with van der Waals surface area (Å²) >= 11 is 1.20.